The Labute approximate surface area is 63.4 Å². The van der Waals surface area contributed by atoms with Gasteiger partial charge in [-0.05, 0) is 0 Å². The topological polar surface area (TPSA) is 18.5 Å². The van der Waals surface area contributed by atoms with Gasteiger partial charge < -0.3 is 0 Å². The van der Waals surface area contributed by atoms with Crippen LogP contribution in [0.4, 0.5) is 0 Å². The van der Waals surface area contributed by atoms with Gasteiger partial charge in [-0.2, -0.15) is 0 Å². The second-order valence-electron chi connectivity index (χ2n) is 1.10. The van der Waals surface area contributed by atoms with Crippen LogP contribution >= 0.6 is 13.2 Å². The SMILES string of the molecule is CC[O][Ti]([Br])[O]CC. The second kappa shape index (κ2) is 6.24. The molecule has 0 aromatic heterocycles. The van der Waals surface area contributed by atoms with Gasteiger partial charge in [0.05, 0.1) is 0 Å². The van der Waals surface area contributed by atoms with Gasteiger partial charge >= 0.3 is 63.4 Å². The van der Waals surface area contributed by atoms with Crippen LogP contribution in [0.2, 0.25) is 0 Å². The van der Waals surface area contributed by atoms with E-state index in [0.29, 0.717) is 0 Å². The van der Waals surface area contributed by atoms with Crippen LogP contribution in [0.3, 0.4) is 0 Å². The van der Waals surface area contributed by atoms with Crippen LogP contribution < -0.4 is 0 Å². The Morgan fingerprint density at radius 2 is 1.62 bits per heavy atom. The van der Waals surface area contributed by atoms with E-state index in [-0.39, 0.29) is 0 Å². The van der Waals surface area contributed by atoms with Crippen molar-refractivity contribution in [3.05, 3.63) is 0 Å². The molecule has 49 valence electrons. The molecule has 0 unspecified atom stereocenters. The molecule has 0 saturated carbocycles. The van der Waals surface area contributed by atoms with E-state index in [1.54, 1.807) is 0 Å². The number of hydrogen-bond donors (Lipinski definition) is 0. The molecule has 0 spiro atoms. The number of halogens is 1. The van der Waals surface area contributed by atoms with Crippen molar-refractivity contribution in [2.24, 2.45) is 0 Å². The summed E-state index contributed by atoms with van der Waals surface area (Å²) >= 11 is 1.70. The van der Waals surface area contributed by atoms with Crippen molar-refractivity contribution in [3.63, 3.8) is 0 Å². The maximum atomic E-state index is 5.14. The molecule has 2 nitrogen and oxygen atoms in total. The molecule has 0 fully saturated rings. The van der Waals surface area contributed by atoms with Crippen molar-refractivity contribution in [1.82, 2.24) is 0 Å². The molecule has 0 bridgehead atoms. The van der Waals surface area contributed by atoms with Crippen molar-refractivity contribution < 1.29 is 23.2 Å². The first-order valence-electron chi connectivity index (χ1n) is 2.59. The first-order chi connectivity index (χ1) is 3.81. The fourth-order valence-corrected chi connectivity index (χ4v) is 3.00. The van der Waals surface area contributed by atoms with E-state index in [2.05, 4.69) is 13.2 Å². The van der Waals surface area contributed by atoms with Gasteiger partial charge in [0.2, 0.25) is 0 Å². The zero-order valence-corrected chi connectivity index (χ0v) is 8.26. The summed E-state index contributed by atoms with van der Waals surface area (Å²) in [5.41, 5.74) is 0. The molecular formula is C4H10BrO2Ti. The van der Waals surface area contributed by atoms with E-state index in [4.69, 9.17) is 6.64 Å². The Balaban J connectivity index is 2.92. The van der Waals surface area contributed by atoms with E-state index in [1.165, 1.54) is 0 Å². The molecule has 0 atom stereocenters. The van der Waals surface area contributed by atoms with Crippen molar-refractivity contribution in [2.45, 2.75) is 13.8 Å². The van der Waals surface area contributed by atoms with Gasteiger partial charge in [0.15, 0.2) is 0 Å². The number of rotatable bonds is 4. The van der Waals surface area contributed by atoms with Crippen molar-refractivity contribution in [3.8, 4) is 0 Å². The Bertz CT molecular complexity index is 47.3. The third kappa shape index (κ3) is 5.25. The quantitative estimate of drug-likeness (QED) is 0.670. The summed E-state index contributed by atoms with van der Waals surface area (Å²) in [7, 11) is 0. The Morgan fingerprint density at radius 1 is 1.25 bits per heavy atom. The standard InChI is InChI=1S/2C2H5O.BrH.Ti/c2*1-2-3;;/h2*2H2,1H3;1H;/q2*-1;;+3/p-1. The molecule has 0 aliphatic rings. The molecule has 0 saturated heterocycles. The minimum atomic E-state index is -1.62. The van der Waals surface area contributed by atoms with Gasteiger partial charge in [-0.25, -0.2) is 0 Å². The molecule has 0 aliphatic carbocycles. The monoisotopic (exact) mass is 217 g/mol. The van der Waals surface area contributed by atoms with Crippen LogP contribution in [0.25, 0.3) is 0 Å². The molecule has 0 radical (unpaired) electrons. The summed E-state index contributed by atoms with van der Waals surface area (Å²) in [6, 6.07) is 0. The molecule has 4 heteroatoms. The van der Waals surface area contributed by atoms with Gasteiger partial charge in [-0.3, -0.25) is 0 Å². The van der Waals surface area contributed by atoms with Crippen molar-refractivity contribution in [1.29, 1.82) is 0 Å². The molecule has 0 amide bonds. The summed E-state index contributed by atoms with van der Waals surface area (Å²) in [4.78, 5) is 0. The zero-order valence-electron chi connectivity index (χ0n) is 5.11. The van der Waals surface area contributed by atoms with Gasteiger partial charge in [0.25, 0.3) is 0 Å². The zero-order chi connectivity index (χ0) is 6.41. The van der Waals surface area contributed by atoms with Gasteiger partial charge in [0.1, 0.15) is 0 Å². The van der Waals surface area contributed by atoms with Gasteiger partial charge in [-0.1, -0.05) is 0 Å². The Kier molecular flexibility index (Phi) is 7.11. The summed E-state index contributed by atoms with van der Waals surface area (Å²) < 4.78 is 10.3. The van der Waals surface area contributed by atoms with Crippen LogP contribution in [0.5, 0.6) is 0 Å². The summed E-state index contributed by atoms with van der Waals surface area (Å²) in [6.07, 6.45) is 0. The maximum absolute atomic E-state index is 5.14. The van der Waals surface area contributed by atoms with E-state index in [9.17, 15) is 0 Å². The van der Waals surface area contributed by atoms with Crippen LogP contribution in [0.15, 0.2) is 0 Å². The van der Waals surface area contributed by atoms with Gasteiger partial charge in [0, 0.05) is 0 Å². The van der Waals surface area contributed by atoms with Crippen LogP contribution in [-0.4, -0.2) is 13.2 Å². The fraction of sp³-hybridized carbons (Fsp3) is 1.00. The predicted molar refractivity (Wildman–Crippen MR) is 32.2 cm³/mol. The van der Waals surface area contributed by atoms with Crippen LogP contribution in [0.1, 0.15) is 13.8 Å². The van der Waals surface area contributed by atoms with E-state index in [1.807, 2.05) is 13.8 Å². The van der Waals surface area contributed by atoms with E-state index < -0.39 is 16.6 Å². The third-order valence-corrected chi connectivity index (χ3v) is 4.01. The summed E-state index contributed by atoms with van der Waals surface area (Å²) in [6.45, 7) is 5.43. The normalized spacial score (nSPS) is 9.38. The molecule has 0 aromatic carbocycles. The first-order valence-corrected chi connectivity index (χ1v) is 7.72. The second-order valence-corrected chi connectivity index (χ2v) is 5.42. The van der Waals surface area contributed by atoms with Crippen LogP contribution in [-0.2, 0) is 23.2 Å². The average Bonchev–Trinajstić information content (AvgIpc) is 1.68. The van der Waals surface area contributed by atoms with E-state index >= 15 is 0 Å². The Hall–Kier alpha value is 1.11. The molecule has 0 N–H and O–H groups in total. The van der Waals surface area contributed by atoms with Crippen molar-refractivity contribution >= 4 is 13.2 Å². The molecule has 0 rings (SSSR count). The number of hydrogen-bond acceptors (Lipinski definition) is 2. The molecular weight excluding hydrogens is 208 g/mol. The molecule has 0 aliphatic heterocycles. The summed E-state index contributed by atoms with van der Waals surface area (Å²) in [5.74, 6) is 0. The molecule has 8 heavy (non-hydrogen) atoms. The molecule has 0 heterocycles. The fourth-order valence-electron chi connectivity index (χ4n) is 0.269. The Morgan fingerprint density at radius 3 is 1.88 bits per heavy atom. The van der Waals surface area contributed by atoms with E-state index in [0.717, 1.165) is 13.2 Å². The average molecular weight is 218 g/mol. The van der Waals surface area contributed by atoms with Crippen molar-refractivity contribution in [2.75, 3.05) is 13.2 Å². The predicted octanol–water partition coefficient (Wildman–Crippen LogP) is 1.82. The minimum absolute atomic E-state index is 0.751. The molecule has 0 aromatic rings. The first kappa shape index (κ1) is 9.11. The van der Waals surface area contributed by atoms with Gasteiger partial charge in [-0.15, -0.1) is 0 Å². The third-order valence-electron chi connectivity index (χ3n) is 0.516. The summed E-state index contributed by atoms with van der Waals surface area (Å²) in [5, 5.41) is 0. The van der Waals surface area contributed by atoms with Crippen LogP contribution in [0, 0.1) is 0 Å².